The van der Waals surface area contributed by atoms with E-state index >= 15 is 0 Å². The highest BCUT2D eigenvalue weighted by atomic mass is 16.7. The standard InChI is InChI=1S/C12H12O2/c1-2-6-11(7-3-1)10-14-12-8-4-5-9-13-12/h1-3,5-9H,4,10H2. The predicted octanol–water partition coefficient (Wildman–Crippen LogP) is 2.98. The lowest BCUT2D eigenvalue weighted by atomic mass is 10.2. The van der Waals surface area contributed by atoms with Crippen molar-refractivity contribution in [1.29, 1.82) is 0 Å². The molecule has 1 aromatic carbocycles. The highest BCUT2D eigenvalue weighted by Gasteiger charge is 2.00. The second-order valence-corrected chi connectivity index (χ2v) is 3.02. The summed E-state index contributed by atoms with van der Waals surface area (Å²) < 4.78 is 10.6. The summed E-state index contributed by atoms with van der Waals surface area (Å²) in [6, 6.07) is 10.0. The van der Waals surface area contributed by atoms with Crippen molar-refractivity contribution in [1.82, 2.24) is 0 Å². The van der Waals surface area contributed by atoms with Gasteiger partial charge in [0.05, 0.1) is 6.26 Å². The number of hydrogen-bond acceptors (Lipinski definition) is 2. The average Bonchev–Trinajstić information content (AvgIpc) is 2.29. The van der Waals surface area contributed by atoms with Crippen LogP contribution in [0.3, 0.4) is 0 Å². The first-order valence-electron chi connectivity index (χ1n) is 4.64. The average molecular weight is 188 g/mol. The van der Waals surface area contributed by atoms with Crippen molar-refractivity contribution in [2.24, 2.45) is 0 Å². The van der Waals surface area contributed by atoms with Gasteiger partial charge in [-0.25, -0.2) is 0 Å². The molecule has 2 heteroatoms. The molecule has 0 saturated heterocycles. The maximum absolute atomic E-state index is 5.46. The van der Waals surface area contributed by atoms with Crippen molar-refractivity contribution in [3.05, 3.63) is 60.3 Å². The summed E-state index contributed by atoms with van der Waals surface area (Å²) >= 11 is 0. The molecule has 0 spiro atoms. The van der Waals surface area contributed by atoms with E-state index in [0.717, 1.165) is 12.0 Å². The molecule has 1 aliphatic rings. The van der Waals surface area contributed by atoms with Gasteiger partial charge in [-0.2, -0.15) is 0 Å². The van der Waals surface area contributed by atoms with Gasteiger partial charge in [0, 0.05) is 6.08 Å². The molecule has 0 unspecified atom stereocenters. The van der Waals surface area contributed by atoms with E-state index in [1.807, 2.05) is 42.5 Å². The molecule has 2 nitrogen and oxygen atoms in total. The lowest BCUT2D eigenvalue weighted by Gasteiger charge is -2.11. The first-order chi connectivity index (χ1) is 6.95. The minimum absolute atomic E-state index is 0.556. The van der Waals surface area contributed by atoms with E-state index in [1.165, 1.54) is 0 Å². The van der Waals surface area contributed by atoms with Crippen molar-refractivity contribution in [2.75, 3.05) is 0 Å². The van der Waals surface area contributed by atoms with E-state index in [2.05, 4.69) is 0 Å². The summed E-state index contributed by atoms with van der Waals surface area (Å²) in [6.07, 6.45) is 6.39. The SMILES string of the molecule is C1=COC(OCc2ccccc2)=CC1. The predicted molar refractivity (Wildman–Crippen MR) is 54.2 cm³/mol. The van der Waals surface area contributed by atoms with Gasteiger partial charge in [-0.3, -0.25) is 0 Å². The van der Waals surface area contributed by atoms with Gasteiger partial charge in [0.2, 0.25) is 0 Å². The van der Waals surface area contributed by atoms with Crippen LogP contribution in [0.2, 0.25) is 0 Å². The molecular weight excluding hydrogens is 176 g/mol. The van der Waals surface area contributed by atoms with E-state index in [-0.39, 0.29) is 0 Å². The molecule has 1 aliphatic heterocycles. The third-order valence-electron chi connectivity index (χ3n) is 1.92. The lowest BCUT2D eigenvalue weighted by Crippen LogP contribution is -1.97. The van der Waals surface area contributed by atoms with Gasteiger partial charge in [-0.05, 0) is 18.1 Å². The fourth-order valence-electron chi connectivity index (χ4n) is 1.20. The lowest BCUT2D eigenvalue weighted by molar-refractivity contribution is 0.0680. The molecule has 0 saturated carbocycles. The highest BCUT2D eigenvalue weighted by molar-refractivity contribution is 5.13. The Morgan fingerprint density at radius 3 is 2.79 bits per heavy atom. The van der Waals surface area contributed by atoms with Gasteiger partial charge in [-0.1, -0.05) is 30.3 Å². The Bertz CT molecular complexity index is 339. The third kappa shape index (κ3) is 2.39. The third-order valence-corrected chi connectivity index (χ3v) is 1.92. The zero-order valence-corrected chi connectivity index (χ0v) is 7.85. The van der Waals surface area contributed by atoms with Gasteiger partial charge >= 0.3 is 0 Å². The van der Waals surface area contributed by atoms with Crippen molar-refractivity contribution < 1.29 is 9.47 Å². The van der Waals surface area contributed by atoms with E-state index in [4.69, 9.17) is 9.47 Å². The molecule has 72 valence electrons. The number of benzene rings is 1. The summed E-state index contributed by atoms with van der Waals surface area (Å²) in [6.45, 7) is 0.556. The maximum atomic E-state index is 5.46. The van der Waals surface area contributed by atoms with Crippen molar-refractivity contribution in [3.63, 3.8) is 0 Å². The van der Waals surface area contributed by atoms with Gasteiger partial charge < -0.3 is 9.47 Å². The van der Waals surface area contributed by atoms with Crippen LogP contribution in [0.4, 0.5) is 0 Å². The highest BCUT2D eigenvalue weighted by Crippen LogP contribution is 2.11. The van der Waals surface area contributed by atoms with Crippen LogP contribution in [0.25, 0.3) is 0 Å². The normalized spacial score (nSPS) is 14.4. The largest absolute Gasteiger partial charge is 0.461 e. The molecule has 0 fully saturated rings. The summed E-state index contributed by atoms with van der Waals surface area (Å²) in [5.74, 6) is 0.594. The molecule has 1 heterocycles. The summed E-state index contributed by atoms with van der Waals surface area (Å²) in [7, 11) is 0. The Hall–Kier alpha value is -1.70. The molecule has 0 N–H and O–H groups in total. The van der Waals surface area contributed by atoms with E-state index < -0.39 is 0 Å². The molecule has 0 amide bonds. The zero-order chi connectivity index (χ0) is 9.64. The molecule has 2 rings (SSSR count). The Labute approximate surface area is 83.5 Å². The molecule has 0 radical (unpaired) electrons. The Morgan fingerprint density at radius 2 is 2.07 bits per heavy atom. The van der Waals surface area contributed by atoms with Crippen LogP contribution < -0.4 is 0 Å². The Morgan fingerprint density at radius 1 is 1.21 bits per heavy atom. The van der Waals surface area contributed by atoms with E-state index in [1.54, 1.807) is 6.26 Å². The molecule has 0 bridgehead atoms. The van der Waals surface area contributed by atoms with Crippen LogP contribution in [0.5, 0.6) is 0 Å². The maximum Gasteiger partial charge on any atom is 0.280 e. The number of hydrogen-bond donors (Lipinski definition) is 0. The summed E-state index contributed by atoms with van der Waals surface area (Å²) in [5, 5.41) is 0. The molecule has 0 aromatic heterocycles. The van der Waals surface area contributed by atoms with Crippen LogP contribution >= 0.6 is 0 Å². The summed E-state index contributed by atoms with van der Waals surface area (Å²) in [4.78, 5) is 0. The minimum Gasteiger partial charge on any atom is -0.461 e. The molecule has 14 heavy (non-hydrogen) atoms. The van der Waals surface area contributed by atoms with Crippen LogP contribution in [0, 0.1) is 0 Å². The van der Waals surface area contributed by atoms with Gasteiger partial charge in [0.25, 0.3) is 5.95 Å². The Kier molecular flexibility index (Phi) is 2.86. The van der Waals surface area contributed by atoms with Crippen LogP contribution in [0.1, 0.15) is 12.0 Å². The molecule has 0 atom stereocenters. The van der Waals surface area contributed by atoms with Gasteiger partial charge in [0.15, 0.2) is 0 Å². The molecule has 0 aliphatic carbocycles. The first-order valence-corrected chi connectivity index (χ1v) is 4.64. The topological polar surface area (TPSA) is 18.5 Å². The van der Waals surface area contributed by atoms with E-state index in [0.29, 0.717) is 12.6 Å². The molecular formula is C12H12O2. The smallest absolute Gasteiger partial charge is 0.280 e. The second kappa shape index (κ2) is 4.51. The fraction of sp³-hybridized carbons (Fsp3) is 0.167. The first kappa shape index (κ1) is 8.88. The van der Waals surface area contributed by atoms with E-state index in [9.17, 15) is 0 Å². The van der Waals surface area contributed by atoms with Gasteiger partial charge in [-0.15, -0.1) is 0 Å². The minimum atomic E-state index is 0.556. The summed E-state index contributed by atoms with van der Waals surface area (Å²) in [5.41, 5.74) is 1.14. The van der Waals surface area contributed by atoms with Crippen LogP contribution in [0.15, 0.2) is 54.7 Å². The van der Waals surface area contributed by atoms with Crippen molar-refractivity contribution >= 4 is 0 Å². The second-order valence-electron chi connectivity index (χ2n) is 3.02. The van der Waals surface area contributed by atoms with Crippen molar-refractivity contribution in [2.45, 2.75) is 13.0 Å². The molecule has 1 aromatic rings. The van der Waals surface area contributed by atoms with Gasteiger partial charge in [0.1, 0.15) is 6.61 Å². The number of rotatable bonds is 3. The van der Waals surface area contributed by atoms with Crippen LogP contribution in [-0.4, -0.2) is 0 Å². The zero-order valence-electron chi connectivity index (χ0n) is 7.85. The number of ether oxygens (including phenoxy) is 2. The monoisotopic (exact) mass is 188 g/mol. The Balaban J connectivity index is 1.86. The quantitative estimate of drug-likeness (QED) is 0.726. The fourth-order valence-corrected chi connectivity index (χ4v) is 1.20. The number of allylic oxidation sites excluding steroid dienone is 2. The van der Waals surface area contributed by atoms with Crippen LogP contribution in [-0.2, 0) is 16.1 Å². The van der Waals surface area contributed by atoms with Crippen molar-refractivity contribution in [3.8, 4) is 0 Å².